The van der Waals surface area contributed by atoms with Crippen molar-refractivity contribution in [2.75, 3.05) is 25.1 Å². The lowest BCUT2D eigenvalue weighted by atomic mass is 9.94. The van der Waals surface area contributed by atoms with Gasteiger partial charge in [0.1, 0.15) is 5.82 Å². The van der Waals surface area contributed by atoms with E-state index in [0.29, 0.717) is 38.4 Å². The largest absolute Gasteiger partial charge is 0.388 e. The monoisotopic (exact) mass is 259 g/mol. The van der Waals surface area contributed by atoms with Crippen molar-refractivity contribution in [1.82, 2.24) is 9.97 Å². The van der Waals surface area contributed by atoms with Gasteiger partial charge in [-0.05, 0) is 12.1 Å². The Kier molecular flexibility index (Phi) is 3.31. The van der Waals surface area contributed by atoms with Gasteiger partial charge in [-0.2, -0.15) is 0 Å². The first-order valence-corrected chi connectivity index (χ1v) is 6.51. The second-order valence-corrected chi connectivity index (χ2v) is 4.93. The zero-order valence-electron chi connectivity index (χ0n) is 10.7. The van der Waals surface area contributed by atoms with E-state index >= 15 is 0 Å². The molecule has 3 rings (SSSR count). The minimum absolute atomic E-state index is 0.476. The molecule has 0 spiro atoms. The molecule has 1 fully saturated rings. The van der Waals surface area contributed by atoms with Gasteiger partial charge >= 0.3 is 0 Å². The molecule has 1 saturated heterocycles. The average molecular weight is 259 g/mol. The third kappa shape index (κ3) is 2.83. The average Bonchev–Trinajstić information content (AvgIpc) is 2.46. The van der Waals surface area contributed by atoms with Crippen molar-refractivity contribution in [3.8, 4) is 0 Å². The molecule has 0 aliphatic carbocycles. The molecule has 2 heterocycles. The van der Waals surface area contributed by atoms with Crippen LogP contribution in [0.5, 0.6) is 0 Å². The number of hydrogen-bond acceptors (Lipinski definition) is 5. The van der Waals surface area contributed by atoms with Crippen LogP contribution in [0.4, 0.5) is 5.82 Å². The second kappa shape index (κ2) is 5.11. The van der Waals surface area contributed by atoms with E-state index < -0.39 is 5.60 Å². The molecule has 0 radical (unpaired) electrons. The molecule has 0 amide bonds. The van der Waals surface area contributed by atoms with Crippen LogP contribution in [0.2, 0.25) is 0 Å². The number of fused-ring (bicyclic) bond motifs is 1. The smallest absolute Gasteiger partial charge is 0.145 e. The highest BCUT2D eigenvalue weighted by Crippen LogP contribution is 2.21. The van der Waals surface area contributed by atoms with Crippen molar-refractivity contribution in [3.05, 3.63) is 30.5 Å². The van der Waals surface area contributed by atoms with E-state index in [1.807, 2.05) is 24.3 Å². The Bertz CT molecular complexity index is 567. The maximum absolute atomic E-state index is 10.4. The second-order valence-electron chi connectivity index (χ2n) is 4.93. The van der Waals surface area contributed by atoms with E-state index in [9.17, 15) is 5.11 Å². The summed E-state index contributed by atoms with van der Waals surface area (Å²) >= 11 is 0. The molecule has 5 nitrogen and oxygen atoms in total. The summed E-state index contributed by atoms with van der Waals surface area (Å²) < 4.78 is 5.26. The molecule has 1 aliphatic rings. The lowest BCUT2D eigenvalue weighted by molar-refractivity contribution is -0.0543. The molecule has 1 aliphatic heterocycles. The van der Waals surface area contributed by atoms with Crippen LogP contribution in [0.25, 0.3) is 11.0 Å². The van der Waals surface area contributed by atoms with Gasteiger partial charge in [-0.25, -0.2) is 4.98 Å². The van der Waals surface area contributed by atoms with Crippen LogP contribution in [0.1, 0.15) is 12.8 Å². The molecule has 100 valence electrons. The van der Waals surface area contributed by atoms with Gasteiger partial charge in [-0.15, -0.1) is 0 Å². The number of nitrogens with zero attached hydrogens (tertiary/aromatic N) is 2. The standard InChI is InChI=1S/C14H17N3O2/c18-14(5-7-19-8-6-14)10-16-13-9-15-11-3-1-2-4-12(11)17-13/h1-4,9,18H,5-8,10H2,(H,16,17). The number of ether oxygens (including phenoxy) is 1. The van der Waals surface area contributed by atoms with E-state index in [4.69, 9.17) is 4.74 Å². The van der Waals surface area contributed by atoms with E-state index in [1.54, 1.807) is 6.20 Å². The highest BCUT2D eigenvalue weighted by Gasteiger charge is 2.29. The topological polar surface area (TPSA) is 67.3 Å². The number of aliphatic hydroxyl groups is 1. The SMILES string of the molecule is OC1(CNc2cnc3ccccc3n2)CCOCC1. The van der Waals surface area contributed by atoms with Gasteiger partial charge in [-0.3, -0.25) is 4.98 Å². The van der Waals surface area contributed by atoms with Crippen molar-refractivity contribution in [2.45, 2.75) is 18.4 Å². The Balaban J connectivity index is 1.71. The normalized spacial score (nSPS) is 18.4. The summed E-state index contributed by atoms with van der Waals surface area (Å²) in [5, 5.41) is 13.5. The minimum atomic E-state index is -0.703. The molecular weight excluding hydrogens is 242 g/mol. The van der Waals surface area contributed by atoms with Gasteiger partial charge < -0.3 is 15.2 Å². The number of para-hydroxylation sites is 2. The summed E-state index contributed by atoms with van der Waals surface area (Å²) in [5.74, 6) is 0.693. The zero-order valence-corrected chi connectivity index (χ0v) is 10.7. The maximum atomic E-state index is 10.4. The molecule has 5 heteroatoms. The molecule has 0 saturated carbocycles. The van der Waals surface area contributed by atoms with E-state index in [2.05, 4.69) is 15.3 Å². The number of benzene rings is 1. The first-order chi connectivity index (χ1) is 9.25. The molecule has 2 N–H and O–H groups in total. The van der Waals surface area contributed by atoms with Crippen LogP contribution in [0.15, 0.2) is 30.5 Å². The van der Waals surface area contributed by atoms with Crippen molar-refractivity contribution in [1.29, 1.82) is 0 Å². The van der Waals surface area contributed by atoms with Crippen LogP contribution in [-0.4, -0.2) is 40.4 Å². The fourth-order valence-electron chi connectivity index (χ4n) is 2.23. The molecule has 0 bridgehead atoms. The van der Waals surface area contributed by atoms with E-state index in [-0.39, 0.29) is 0 Å². The van der Waals surface area contributed by atoms with Gasteiger partial charge in [-0.1, -0.05) is 12.1 Å². The summed E-state index contributed by atoms with van der Waals surface area (Å²) in [5.41, 5.74) is 1.02. The Hall–Kier alpha value is -1.72. The number of nitrogens with one attached hydrogen (secondary N) is 1. The molecule has 1 aromatic heterocycles. The maximum Gasteiger partial charge on any atom is 0.145 e. The third-order valence-corrected chi connectivity index (χ3v) is 3.47. The van der Waals surface area contributed by atoms with E-state index in [1.165, 1.54) is 0 Å². The first-order valence-electron chi connectivity index (χ1n) is 6.51. The van der Waals surface area contributed by atoms with Crippen molar-refractivity contribution in [2.24, 2.45) is 0 Å². The number of hydrogen-bond donors (Lipinski definition) is 2. The molecule has 19 heavy (non-hydrogen) atoms. The Morgan fingerprint density at radius 1 is 1.21 bits per heavy atom. The van der Waals surface area contributed by atoms with Crippen LogP contribution < -0.4 is 5.32 Å². The summed E-state index contributed by atoms with van der Waals surface area (Å²) in [6, 6.07) is 7.73. The van der Waals surface area contributed by atoms with Crippen molar-refractivity contribution in [3.63, 3.8) is 0 Å². The van der Waals surface area contributed by atoms with Crippen LogP contribution in [-0.2, 0) is 4.74 Å². The predicted molar refractivity (Wildman–Crippen MR) is 73.0 cm³/mol. The Morgan fingerprint density at radius 3 is 2.74 bits per heavy atom. The Labute approximate surface area is 111 Å². The van der Waals surface area contributed by atoms with Crippen molar-refractivity contribution >= 4 is 16.9 Å². The lowest BCUT2D eigenvalue weighted by Gasteiger charge is -2.32. The lowest BCUT2D eigenvalue weighted by Crippen LogP contribution is -2.42. The van der Waals surface area contributed by atoms with Gasteiger partial charge in [0.05, 0.1) is 22.8 Å². The molecule has 2 aromatic rings. The molecular formula is C14H17N3O2. The summed E-state index contributed by atoms with van der Waals surface area (Å²) in [7, 11) is 0. The van der Waals surface area contributed by atoms with Crippen LogP contribution in [0, 0.1) is 0 Å². The number of aromatic nitrogens is 2. The highest BCUT2D eigenvalue weighted by molar-refractivity contribution is 5.75. The Morgan fingerprint density at radius 2 is 1.95 bits per heavy atom. The fraction of sp³-hybridized carbons (Fsp3) is 0.429. The quantitative estimate of drug-likeness (QED) is 0.876. The van der Waals surface area contributed by atoms with Crippen molar-refractivity contribution < 1.29 is 9.84 Å². The third-order valence-electron chi connectivity index (χ3n) is 3.47. The molecule has 1 aromatic carbocycles. The summed E-state index contributed by atoms with van der Waals surface area (Å²) in [4.78, 5) is 8.81. The fourth-order valence-corrected chi connectivity index (χ4v) is 2.23. The number of anilines is 1. The van der Waals surface area contributed by atoms with Gasteiger partial charge in [0, 0.05) is 32.6 Å². The van der Waals surface area contributed by atoms with Gasteiger partial charge in [0.25, 0.3) is 0 Å². The molecule has 0 unspecified atom stereocenters. The minimum Gasteiger partial charge on any atom is -0.388 e. The predicted octanol–water partition coefficient (Wildman–Crippen LogP) is 1.58. The van der Waals surface area contributed by atoms with Gasteiger partial charge in [0.2, 0.25) is 0 Å². The summed E-state index contributed by atoms with van der Waals surface area (Å²) in [6.07, 6.45) is 3.01. The van der Waals surface area contributed by atoms with Gasteiger partial charge in [0.15, 0.2) is 0 Å². The van der Waals surface area contributed by atoms with Crippen LogP contribution in [0.3, 0.4) is 0 Å². The molecule has 0 atom stereocenters. The number of rotatable bonds is 3. The highest BCUT2D eigenvalue weighted by atomic mass is 16.5. The van der Waals surface area contributed by atoms with Crippen LogP contribution >= 0.6 is 0 Å². The first kappa shape index (κ1) is 12.3. The zero-order chi connectivity index (χ0) is 13.1. The summed E-state index contributed by atoms with van der Waals surface area (Å²) in [6.45, 7) is 1.70. The van der Waals surface area contributed by atoms with E-state index in [0.717, 1.165) is 11.0 Å².